The van der Waals surface area contributed by atoms with Crippen LogP contribution in [0.25, 0.3) is 5.78 Å². The number of aryl methyl sites for hydroxylation is 1. The summed E-state index contributed by atoms with van der Waals surface area (Å²) in [5.41, 5.74) is 4.88. The molecule has 188 valence electrons. The molecular weight excluding hydrogens is 488 g/mol. The number of aromatic nitrogens is 4. The van der Waals surface area contributed by atoms with Crippen LogP contribution in [-0.2, 0) is 13.0 Å². The summed E-state index contributed by atoms with van der Waals surface area (Å²) < 4.78 is 12.5. The highest BCUT2D eigenvalue weighted by molar-refractivity contribution is 6.31. The fourth-order valence-electron chi connectivity index (χ4n) is 4.12. The third-order valence-electron chi connectivity index (χ3n) is 6.04. The molecule has 5 aromatic rings. The summed E-state index contributed by atoms with van der Waals surface area (Å²) in [5, 5.41) is 12.1. The van der Waals surface area contributed by atoms with Crippen LogP contribution in [0.1, 0.15) is 22.4 Å². The van der Waals surface area contributed by atoms with Gasteiger partial charge >= 0.3 is 0 Å². The Balaban J connectivity index is 1.54. The van der Waals surface area contributed by atoms with Crippen molar-refractivity contribution < 1.29 is 9.47 Å². The van der Waals surface area contributed by atoms with Gasteiger partial charge in [-0.1, -0.05) is 54.1 Å². The predicted octanol–water partition coefficient (Wildman–Crippen LogP) is 6.05. The Hall–Kier alpha value is -4.30. The topological polar surface area (TPSA) is 85.6 Å². The van der Waals surface area contributed by atoms with Crippen molar-refractivity contribution in [3.05, 3.63) is 100 Å². The fraction of sp³-hybridized carbons (Fsp3) is 0.179. The van der Waals surface area contributed by atoms with Crippen molar-refractivity contribution >= 4 is 34.8 Å². The summed E-state index contributed by atoms with van der Waals surface area (Å²) in [4.78, 5) is 9.40. The van der Waals surface area contributed by atoms with Crippen molar-refractivity contribution in [1.82, 2.24) is 19.6 Å². The van der Waals surface area contributed by atoms with E-state index in [1.807, 2.05) is 49.4 Å². The molecule has 0 radical (unpaired) electrons. The van der Waals surface area contributed by atoms with Crippen molar-refractivity contribution in [1.29, 1.82) is 0 Å². The lowest BCUT2D eigenvalue weighted by Crippen LogP contribution is -2.12. The van der Waals surface area contributed by atoms with Crippen LogP contribution in [0.15, 0.2) is 72.8 Å². The van der Waals surface area contributed by atoms with Gasteiger partial charge in [0.25, 0.3) is 5.78 Å². The molecule has 0 aliphatic carbocycles. The highest BCUT2D eigenvalue weighted by Gasteiger charge is 2.18. The number of halogens is 1. The van der Waals surface area contributed by atoms with Crippen LogP contribution in [0.2, 0.25) is 5.02 Å². The molecule has 0 aliphatic heterocycles. The molecule has 0 saturated carbocycles. The Morgan fingerprint density at radius 1 is 0.892 bits per heavy atom. The van der Waals surface area contributed by atoms with Gasteiger partial charge in [-0.2, -0.15) is 9.50 Å². The lowest BCUT2D eigenvalue weighted by atomic mass is 10.0. The molecule has 8 nitrogen and oxygen atoms in total. The van der Waals surface area contributed by atoms with Gasteiger partial charge in [-0.25, -0.2) is 4.98 Å². The minimum absolute atomic E-state index is 0.386. The molecule has 0 fully saturated rings. The lowest BCUT2D eigenvalue weighted by Gasteiger charge is -2.15. The maximum Gasteiger partial charge on any atom is 0.256 e. The van der Waals surface area contributed by atoms with Gasteiger partial charge in [0.2, 0.25) is 5.95 Å². The zero-order valence-corrected chi connectivity index (χ0v) is 21.6. The fourth-order valence-corrected chi connectivity index (χ4v) is 4.29. The van der Waals surface area contributed by atoms with Crippen LogP contribution in [0.3, 0.4) is 0 Å². The molecule has 0 amide bonds. The second-order valence-corrected chi connectivity index (χ2v) is 8.94. The van der Waals surface area contributed by atoms with Crippen molar-refractivity contribution in [2.45, 2.75) is 19.9 Å². The van der Waals surface area contributed by atoms with Crippen LogP contribution in [0.5, 0.6) is 11.5 Å². The van der Waals surface area contributed by atoms with E-state index in [-0.39, 0.29) is 0 Å². The summed E-state index contributed by atoms with van der Waals surface area (Å²) in [6.45, 7) is 2.59. The molecule has 9 heteroatoms. The number of nitrogens with zero attached hydrogens (tertiary/aromatic N) is 4. The third-order valence-corrected chi connectivity index (χ3v) is 6.28. The Kier molecular flexibility index (Phi) is 7.09. The number of fused-ring (bicyclic) bond motifs is 1. The monoisotopic (exact) mass is 514 g/mol. The Bertz CT molecular complexity index is 1520. The summed E-state index contributed by atoms with van der Waals surface area (Å²) >= 11 is 6.21. The molecule has 0 aliphatic rings. The average Bonchev–Trinajstić information content (AvgIpc) is 3.31. The molecule has 2 N–H and O–H groups in total. The minimum Gasteiger partial charge on any atom is -0.497 e. The number of ether oxygens (including phenoxy) is 2. The first-order valence-corrected chi connectivity index (χ1v) is 12.2. The van der Waals surface area contributed by atoms with Crippen LogP contribution in [0.4, 0.5) is 17.5 Å². The second-order valence-electron chi connectivity index (χ2n) is 8.51. The molecular formula is C28H27ClN6O2. The number of nitrogens with one attached hydrogen (secondary N) is 2. The van der Waals surface area contributed by atoms with Crippen LogP contribution < -0.4 is 20.1 Å². The third kappa shape index (κ3) is 5.44. The number of methoxy groups -OCH3 is 2. The lowest BCUT2D eigenvalue weighted by molar-refractivity contribution is 0.414. The predicted molar refractivity (Wildman–Crippen MR) is 146 cm³/mol. The Labute approximate surface area is 220 Å². The first-order valence-electron chi connectivity index (χ1n) is 11.8. The van der Waals surface area contributed by atoms with E-state index in [0.717, 1.165) is 28.4 Å². The summed E-state index contributed by atoms with van der Waals surface area (Å²) in [5.74, 6) is 3.15. The van der Waals surface area contributed by atoms with E-state index in [1.165, 1.54) is 5.56 Å². The maximum absolute atomic E-state index is 6.21. The molecule has 2 aromatic heterocycles. The zero-order valence-electron chi connectivity index (χ0n) is 20.8. The number of anilines is 3. The SMILES string of the molecule is COc1ccc(CNc2c(Cc3ccccc3)c(C)nc3nc(Nc4cc(Cl)ccc4OC)nn23)cc1. The van der Waals surface area contributed by atoms with Gasteiger partial charge in [-0.3, -0.25) is 0 Å². The van der Waals surface area contributed by atoms with E-state index in [4.69, 9.17) is 31.2 Å². The van der Waals surface area contributed by atoms with Gasteiger partial charge < -0.3 is 20.1 Å². The summed E-state index contributed by atoms with van der Waals surface area (Å²) in [6, 6.07) is 23.6. The molecule has 37 heavy (non-hydrogen) atoms. The largest absolute Gasteiger partial charge is 0.497 e. The van der Waals surface area contributed by atoms with Gasteiger partial charge in [0.1, 0.15) is 17.3 Å². The standard InChI is InChI=1S/C28H27ClN6O2/c1-18-23(15-19-7-5-4-6-8-19)26(30-17-20-9-12-22(36-2)13-10-20)35-28(31-18)33-27(34-35)32-24-16-21(29)11-14-25(24)37-3/h4-14,16,30H,15,17H2,1-3H3,(H,32,34). The Morgan fingerprint density at radius 3 is 2.41 bits per heavy atom. The molecule has 0 atom stereocenters. The van der Waals surface area contributed by atoms with Crippen molar-refractivity contribution in [2.75, 3.05) is 24.9 Å². The molecule has 0 unspecified atom stereocenters. The molecule has 0 spiro atoms. The average molecular weight is 515 g/mol. The van der Waals surface area contributed by atoms with Crippen molar-refractivity contribution in [3.63, 3.8) is 0 Å². The number of hydrogen-bond acceptors (Lipinski definition) is 7. The number of hydrogen-bond donors (Lipinski definition) is 2. The quantitative estimate of drug-likeness (QED) is 0.247. The smallest absolute Gasteiger partial charge is 0.256 e. The molecule has 0 bridgehead atoms. The zero-order chi connectivity index (χ0) is 25.8. The van der Waals surface area contributed by atoms with E-state index < -0.39 is 0 Å². The van der Waals surface area contributed by atoms with E-state index in [2.05, 4.69) is 27.8 Å². The maximum atomic E-state index is 6.21. The van der Waals surface area contributed by atoms with Gasteiger partial charge in [-0.15, -0.1) is 5.10 Å². The number of rotatable bonds is 9. The normalized spacial score (nSPS) is 10.9. The minimum atomic E-state index is 0.386. The van der Waals surface area contributed by atoms with Gasteiger partial charge in [0.05, 0.1) is 19.9 Å². The van der Waals surface area contributed by atoms with E-state index >= 15 is 0 Å². The highest BCUT2D eigenvalue weighted by Crippen LogP contribution is 2.30. The van der Waals surface area contributed by atoms with E-state index in [9.17, 15) is 0 Å². The summed E-state index contributed by atoms with van der Waals surface area (Å²) in [6.07, 6.45) is 0.700. The Morgan fingerprint density at radius 2 is 1.68 bits per heavy atom. The second kappa shape index (κ2) is 10.8. The van der Waals surface area contributed by atoms with Crippen LogP contribution >= 0.6 is 11.6 Å². The summed E-state index contributed by atoms with van der Waals surface area (Å²) in [7, 11) is 3.27. The van der Waals surface area contributed by atoms with E-state index in [0.29, 0.717) is 41.2 Å². The van der Waals surface area contributed by atoms with Gasteiger partial charge in [-0.05, 0) is 48.4 Å². The van der Waals surface area contributed by atoms with Gasteiger partial charge in [0.15, 0.2) is 0 Å². The highest BCUT2D eigenvalue weighted by atomic mass is 35.5. The van der Waals surface area contributed by atoms with Crippen LogP contribution in [0, 0.1) is 6.92 Å². The van der Waals surface area contributed by atoms with Gasteiger partial charge in [0, 0.05) is 29.2 Å². The molecule has 0 saturated heterocycles. The van der Waals surface area contributed by atoms with E-state index in [1.54, 1.807) is 36.9 Å². The van der Waals surface area contributed by atoms with Crippen molar-refractivity contribution in [3.8, 4) is 11.5 Å². The molecule has 5 rings (SSSR count). The molecule has 3 aromatic carbocycles. The first kappa shape index (κ1) is 24.4. The van der Waals surface area contributed by atoms with Crippen molar-refractivity contribution in [2.24, 2.45) is 0 Å². The first-order chi connectivity index (χ1) is 18.0. The number of benzene rings is 3. The molecule has 2 heterocycles. The van der Waals surface area contributed by atoms with Crippen LogP contribution in [-0.4, -0.2) is 33.8 Å².